The zero-order valence-corrected chi connectivity index (χ0v) is 13.5. The van der Waals surface area contributed by atoms with Gasteiger partial charge in [0.1, 0.15) is 0 Å². The van der Waals surface area contributed by atoms with Crippen LogP contribution in [0.15, 0.2) is 0 Å². The maximum Gasteiger partial charge on any atom is 0.304 e. The Morgan fingerprint density at radius 2 is 1.75 bits per heavy atom. The minimum Gasteiger partial charge on any atom is -0.481 e. The molecule has 0 aromatic heterocycles. The molecule has 5 nitrogen and oxygen atoms in total. The molecule has 0 aromatic carbocycles. The van der Waals surface area contributed by atoms with Crippen molar-refractivity contribution < 1.29 is 14.7 Å². The van der Waals surface area contributed by atoms with E-state index in [9.17, 15) is 9.59 Å². The quantitative estimate of drug-likeness (QED) is 0.645. The SMILES string of the molecule is CCN(CC(=O)NC(C)CCC(C)C)C(C)CC(=O)O. The lowest BCUT2D eigenvalue weighted by Gasteiger charge is -2.26. The Balaban J connectivity index is 4.17. The highest BCUT2D eigenvalue weighted by atomic mass is 16.4. The van der Waals surface area contributed by atoms with Gasteiger partial charge < -0.3 is 10.4 Å². The first kappa shape index (κ1) is 18.9. The van der Waals surface area contributed by atoms with Crippen LogP contribution in [-0.2, 0) is 9.59 Å². The molecule has 0 saturated carbocycles. The average Bonchev–Trinajstić information content (AvgIpc) is 2.32. The normalized spacial score (nSPS) is 14.3. The minimum absolute atomic E-state index is 0.0275. The van der Waals surface area contributed by atoms with Gasteiger partial charge in [0.05, 0.1) is 13.0 Å². The van der Waals surface area contributed by atoms with Crippen molar-refractivity contribution in [3.8, 4) is 0 Å². The monoisotopic (exact) mass is 286 g/mol. The molecule has 1 amide bonds. The van der Waals surface area contributed by atoms with Crippen LogP contribution in [-0.4, -0.2) is 47.1 Å². The number of rotatable bonds is 10. The zero-order chi connectivity index (χ0) is 15.7. The summed E-state index contributed by atoms with van der Waals surface area (Å²) in [5.41, 5.74) is 0. The molecule has 118 valence electrons. The van der Waals surface area contributed by atoms with Crippen molar-refractivity contribution in [2.45, 2.75) is 66.0 Å². The van der Waals surface area contributed by atoms with E-state index in [1.807, 2.05) is 25.7 Å². The van der Waals surface area contributed by atoms with Crippen LogP contribution in [0.1, 0.15) is 53.9 Å². The summed E-state index contributed by atoms with van der Waals surface area (Å²) in [6.45, 7) is 11.1. The van der Waals surface area contributed by atoms with E-state index in [1.165, 1.54) is 0 Å². The van der Waals surface area contributed by atoms with Crippen LogP contribution in [0.4, 0.5) is 0 Å². The topological polar surface area (TPSA) is 69.6 Å². The first-order valence-corrected chi connectivity index (χ1v) is 7.51. The fourth-order valence-corrected chi connectivity index (χ4v) is 2.12. The molecule has 0 rings (SSSR count). The van der Waals surface area contributed by atoms with Gasteiger partial charge in [0.25, 0.3) is 0 Å². The minimum atomic E-state index is -0.832. The molecule has 0 bridgehead atoms. The third-order valence-corrected chi connectivity index (χ3v) is 3.43. The first-order valence-electron chi connectivity index (χ1n) is 7.51. The van der Waals surface area contributed by atoms with Crippen LogP contribution in [0.5, 0.6) is 0 Å². The fraction of sp³-hybridized carbons (Fsp3) is 0.867. The molecule has 5 heteroatoms. The lowest BCUT2D eigenvalue weighted by Crippen LogP contribution is -2.44. The molecular weight excluding hydrogens is 256 g/mol. The van der Waals surface area contributed by atoms with E-state index in [-0.39, 0.29) is 31.0 Å². The Morgan fingerprint density at radius 1 is 1.15 bits per heavy atom. The Bertz CT molecular complexity index is 305. The number of aliphatic carboxylic acids is 1. The second-order valence-corrected chi connectivity index (χ2v) is 5.95. The Hall–Kier alpha value is -1.10. The number of carboxylic acids is 1. The van der Waals surface area contributed by atoms with E-state index in [4.69, 9.17) is 5.11 Å². The lowest BCUT2D eigenvalue weighted by molar-refractivity contribution is -0.139. The molecule has 2 unspecified atom stereocenters. The van der Waals surface area contributed by atoms with Crippen molar-refractivity contribution in [2.24, 2.45) is 5.92 Å². The molecule has 0 radical (unpaired) electrons. The van der Waals surface area contributed by atoms with Crippen LogP contribution in [0.3, 0.4) is 0 Å². The van der Waals surface area contributed by atoms with Crippen molar-refractivity contribution >= 4 is 11.9 Å². The van der Waals surface area contributed by atoms with Crippen molar-refractivity contribution in [2.75, 3.05) is 13.1 Å². The standard InChI is InChI=1S/C15H30N2O3/c1-6-17(13(5)9-15(19)20)10-14(18)16-12(4)8-7-11(2)3/h11-13H,6-10H2,1-5H3,(H,16,18)(H,19,20). The molecule has 0 aliphatic carbocycles. The summed E-state index contributed by atoms with van der Waals surface area (Å²) in [6.07, 6.45) is 2.12. The maximum atomic E-state index is 12.0. The predicted octanol–water partition coefficient (Wildman–Crippen LogP) is 2.11. The fourth-order valence-electron chi connectivity index (χ4n) is 2.12. The zero-order valence-electron chi connectivity index (χ0n) is 13.5. The average molecular weight is 286 g/mol. The second-order valence-electron chi connectivity index (χ2n) is 5.95. The third-order valence-electron chi connectivity index (χ3n) is 3.43. The molecule has 0 aromatic rings. The number of carbonyl (C=O) groups excluding carboxylic acids is 1. The van der Waals surface area contributed by atoms with Crippen LogP contribution in [0.25, 0.3) is 0 Å². The Kier molecular flexibility index (Phi) is 9.21. The van der Waals surface area contributed by atoms with Gasteiger partial charge in [-0.2, -0.15) is 0 Å². The van der Waals surface area contributed by atoms with E-state index in [1.54, 1.807) is 0 Å². The van der Waals surface area contributed by atoms with Gasteiger partial charge in [-0.3, -0.25) is 14.5 Å². The van der Waals surface area contributed by atoms with Gasteiger partial charge in [-0.05, 0) is 39.2 Å². The molecule has 2 atom stereocenters. The molecule has 2 N–H and O–H groups in total. The van der Waals surface area contributed by atoms with E-state index in [2.05, 4.69) is 19.2 Å². The molecule has 20 heavy (non-hydrogen) atoms. The first-order chi connectivity index (χ1) is 9.26. The summed E-state index contributed by atoms with van der Waals surface area (Å²) in [6, 6.07) is 0.0348. The van der Waals surface area contributed by atoms with Gasteiger partial charge >= 0.3 is 5.97 Å². The highest BCUT2D eigenvalue weighted by molar-refractivity contribution is 5.78. The molecule has 0 aliphatic heterocycles. The molecule has 0 heterocycles. The third kappa shape index (κ3) is 8.91. The maximum absolute atomic E-state index is 12.0. The Labute approximate surface area is 122 Å². The van der Waals surface area contributed by atoms with Crippen LogP contribution < -0.4 is 5.32 Å². The van der Waals surface area contributed by atoms with Crippen molar-refractivity contribution in [1.29, 1.82) is 0 Å². The molecule has 0 aliphatic rings. The smallest absolute Gasteiger partial charge is 0.304 e. The van der Waals surface area contributed by atoms with E-state index in [0.717, 1.165) is 12.8 Å². The van der Waals surface area contributed by atoms with E-state index >= 15 is 0 Å². The number of amides is 1. The molecule has 0 spiro atoms. The molecule has 0 saturated heterocycles. The summed E-state index contributed by atoms with van der Waals surface area (Å²) < 4.78 is 0. The van der Waals surface area contributed by atoms with Crippen molar-refractivity contribution in [3.63, 3.8) is 0 Å². The predicted molar refractivity (Wildman–Crippen MR) is 80.6 cm³/mol. The summed E-state index contributed by atoms with van der Waals surface area (Å²) >= 11 is 0. The van der Waals surface area contributed by atoms with Crippen LogP contribution in [0.2, 0.25) is 0 Å². The summed E-state index contributed by atoms with van der Waals surface area (Å²) in [5, 5.41) is 11.8. The highest BCUT2D eigenvalue weighted by Gasteiger charge is 2.18. The number of nitrogens with one attached hydrogen (secondary N) is 1. The van der Waals surface area contributed by atoms with Crippen LogP contribution in [0, 0.1) is 5.92 Å². The number of carboxylic acid groups (broad SMARTS) is 1. The molecular formula is C15H30N2O3. The highest BCUT2D eigenvalue weighted by Crippen LogP contribution is 2.07. The van der Waals surface area contributed by atoms with E-state index in [0.29, 0.717) is 12.5 Å². The lowest BCUT2D eigenvalue weighted by atomic mass is 10.0. The second kappa shape index (κ2) is 9.75. The van der Waals surface area contributed by atoms with Gasteiger partial charge in [0.15, 0.2) is 0 Å². The summed E-state index contributed by atoms with van der Waals surface area (Å²) in [7, 11) is 0. The van der Waals surface area contributed by atoms with Gasteiger partial charge in [0.2, 0.25) is 5.91 Å². The number of hydrogen-bond acceptors (Lipinski definition) is 3. The number of carbonyl (C=O) groups is 2. The van der Waals surface area contributed by atoms with Gasteiger partial charge in [-0.15, -0.1) is 0 Å². The van der Waals surface area contributed by atoms with Crippen molar-refractivity contribution in [3.05, 3.63) is 0 Å². The van der Waals surface area contributed by atoms with Gasteiger partial charge in [-0.25, -0.2) is 0 Å². The number of likely N-dealkylation sites (N-methyl/N-ethyl adjacent to an activating group) is 1. The summed E-state index contributed by atoms with van der Waals surface area (Å²) in [5.74, 6) is -0.223. The van der Waals surface area contributed by atoms with Crippen LogP contribution >= 0.6 is 0 Å². The Morgan fingerprint density at radius 3 is 2.20 bits per heavy atom. The molecule has 0 fully saturated rings. The number of nitrogens with zero attached hydrogens (tertiary/aromatic N) is 1. The van der Waals surface area contributed by atoms with Crippen molar-refractivity contribution in [1.82, 2.24) is 10.2 Å². The number of hydrogen-bond donors (Lipinski definition) is 2. The van der Waals surface area contributed by atoms with Gasteiger partial charge in [0, 0.05) is 12.1 Å². The largest absolute Gasteiger partial charge is 0.481 e. The summed E-state index contributed by atoms with van der Waals surface area (Å²) in [4.78, 5) is 24.6. The van der Waals surface area contributed by atoms with E-state index < -0.39 is 5.97 Å². The van der Waals surface area contributed by atoms with Gasteiger partial charge in [-0.1, -0.05) is 20.8 Å².